The van der Waals surface area contributed by atoms with Crippen LogP contribution in [0.15, 0.2) is 24.3 Å². The number of carbonyl (C=O) groups excluding carboxylic acids is 2. The number of urea groups is 1. The van der Waals surface area contributed by atoms with E-state index in [0.717, 1.165) is 12.8 Å². The van der Waals surface area contributed by atoms with Gasteiger partial charge in [-0.05, 0) is 37.8 Å². The second kappa shape index (κ2) is 9.28. The zero-order valence-electron chi connectivity index (χ0n) is 17.1. The van der Waals surface area contributed by atoms with Crippen molar-refractivity contribution in [2.24, 2.45) is 5.92 Å². The zero-order valence-corrected chi connectivity index (χ0v) is 17.1. The molecule has 1 unspecified atom stereocenters. The summed E-state index contributed by atoms with van der Waals surface area (Å²) in [6.45, 7) is 9.31. The molecule has 28 heavy (non-hydrogen) atoms. The number of amides is 3. The number of hydrogen-bond acceptors (Lipinski definition) is 4. The molecule has 7 nitrogen and oxygen atoms in total. The Morgan fingerprint density at radius 1 is 1.11 bits per heavy atom. The topological polar surface area (TPSA) is 73.9 Å². The lowest BCUT2D eigenvalue weighted by molar-refractivity contribution is -0.126. The number of rotatable bonds is 7. The average molecular weight is 389 g/mol. The highest BCUT2D eigenvalue weighted by molar-refractivity contribution is 5.91. The normalized spacial score (nSPS) is 18.6. The van der Waals surface area contributed by atoms with E-state index in [9.17, 15) is 9.59 Å². The van der Waals surface area contributed by atoms with Crippen molar-refractivity contribution in [1.29, 1.82) is 0 Å². The number of ether oxygens (including phenoxy) is 1. The van der Waals surface area contributed by atoms with Crippen molar-refractivity contribution in [3.63, 3.8) is 0 Å². The molecule has 1 heterocycles. The Morgan fingerprint density at radius 3 is 2.43 bits per heavy atom. The summed E-state index contributed by atoms with van der Waals surface area (Å²) in [7, 11) is 0. The van der Waals surface area contributed by atoms with Gasteiger partial charge in [-0.15, -0.1) is 0 Å². The van der Waals surface area contributed by atoms with Crippen LogP contribution in [0, 0.1) is 5.92 Å². The highest BCUT2D eigenvalue weighted by Crippen LogP contribution is 2.25. The van der Waals surface area contributed by atoms with Crippen molar-refractivity contribution in [2.45, 2.75) is 45.7 Å². The summed E-state index contributed by atoms with van der Waals surface area (Å²) in [5.41, 5.74) is 0.688. The molecule has 2 aliphatic rings. The van der Waals surface area contributed by atoms with Crippen LogP contribution in [-0.2, 0) is 4.79 Å². The average Bonchev–Trinajstić information content (AvgIpc) is 3.50. The van der Waals surface area contributed by atoms with E-state index < -0.39 is 0 Å². The van der Waals surface area contributed by atoms with Crippen LogP contribution >= 0.6 is 0 Å². The van der Waals surface area contributed by atoms with Crippen LogP contribution in [0.4, 0.5) is 10.5 Å². The number of hydrogen-bond donors (Lipinski definition) is 2. The molecular weight excluding hydrogens is 356 g/mol. The zero-order chi connectivity index (χ0) is 20.1. The number of benzene rings is 1. The van der Waals surface area contributed by atoms with Crippen LogP contribution in [0.5, 0.6) is 5.75 Å². The van der Waals surface area contributed by atoms with Gasteiger partial charge in [-0.25, -0.2) is 4.79 Å². The van der Waals surface area contributed by atoms with Crippen LogP contribution in [-0.4, -0.2) is 66.6 Å². The third-order valence-electron chi connectivity index (χ3n) is 5.15. The predicted octanol–water partition coefficient (Wildman–Crippen LogP) is 2.54. The Kier molecular flexibility index (Phi) is 6.78. The molecule has 1 aromatic rings. The number of carbonyl (C=O) groups is 2. The molecule has 1 saturated carbocycles. The number of piperazine rings is 1. The molecule has 3 amide bonds. The minimum Gasteiger partial charge on any atom is -0.491 e. The van der Waals surface area contributed by atoms with Gasteiger partial charge >= 0.3 is 6.03 Å². The van der Waals surface area contributed by atoms with Crippen LogP contribution in [0.3, 0.4) is 0 Å². The molecule has 1 aliphatic carbocycles. The lowest BCUT2D eigenvalue weighted by Gasteiger charge is -2.37. The van der Waals surface area contributed by atoms with Gasteiger partial charge in [0.25, 0.3) is 0 Å². The predicted molar refractivity (Wildman–Crippen MR) is 110 cm³/mol. The quantitative estimate of drug-likeness (QED) is 0.753. The number of nitrogens with one attached hydrogen (secondary N) is 2. The Morgan fingerprint density at radius 2 is 1.79 bits per heavy atom. The van der Waals surface area contributed by atoms with Gasteiger partial charge < -0.3 is 20.3 Å². The summed E-state index contributed by atoms with van der Waals surface area (Å²) in [6.07, 6.45) is 2.18. The minimum atomic E-state index is -0.157. The van der Waals surface area contributed by atoms with Gasteiger partial charge in [0.15, 0.2) is 0 Å². The van der Waals surface area contributed by atoms with Gasteiger partial charge in [-0.3, -0.25) is 9.69 Å². The summed E-state index contributed by atoms with van der Waals surface area (Å²) < 4.78 is 5.81. The second-order valence-corrected chi connectivity index (χ2v) is 8.11. The smallest absolute Gasteiger partial charge is 0.322 e. The van der Waals surface area contributed by atoms with Crippen molar-refractivity contribution in [3.05, 3.63) is 24.3 Å². The Labute approximate surface area is 167 Å². The van der Waals surface area contributed by atoms with Crippen LogP contribution in [0.2, 0.25) is 0 Å². The van der Waals surface area contributed by atoms with Gasteiger partial charge in [0, 0.05) is 32.2 Å². The van der Waals surface area contributed by atoms with Crippen LogP contribution < -0.4 is 15.4 Å². The standard InChI is InChI=1S/C21H32N4O3/c1-15(2)14-28-19-7-5-4-6-18(19)23-21(27)25-12-10-24(11-13-25)16(3)20(26)22-17-8-9-17/h4-7,15-17H,8-14H2,1-3H3,(H,22,26)(H,23,27). The highest BCUT2D eigenvalue weighted by Gasteiger charge is 2.31. The van der Waals surface area contributed by atoms with Gasteiger partial charge in [-0.1, -0.05) is 26.0 Å². The van der Waals surface area contributed by atoms with Crippen molar-refractivity contribution >= 4 is 17.6 Å². The van der Waals surface area contributed by atoms with Gasteiger partial charge in [0.05, 0.1) is 18.3 Å². The lowest BCUT2D eigenvalue weighted by atomic mass is 10.2. The van der Waals surface area contributed by atoms with E-state index in [0.29, 0.717) is 56.2 Å². The number of anilines is 1. The SMILES string of the molecule is CC(C)COc1ccccc1NC(=O)N1CCN(C(C)C(=O)NC2CC2)CC1. The second-order valence-electron chi connectivity index (χ2n) is 8.11. The summed E-state index contributed by atoms with van der Waals surface area (Å²) in [6, 6.07) is 7.60. The Hall–Kier alpha value is -2.28. The van der Waals surface area contributed by atoms with E-state index in [1.165, 1.54) is 0 Å². The molecule has 0 spiro atoms. The van der Waals surface area contributed by atoms with Crippen molar-refractivity contribution in [3.8, 4) is 5.75 Å². The molecule has 0 radical (unpaired) electrons. The van der Waals surface area contributed by atoms with Gasteiger partial charge in [-0.2, -0.15) is 0 Å². The maximum Gasteiger partial charge on any atom is 0.322 e. The molecule has 1 aliphatic heterocycles. The van der Waals surface area contributed by atoms with Gasteiger partial charge in [0.1, 0.15) is 5.75 Å². The molecule has 1 aromatic carbocycles. The molecule has 7 heteroatoms. The molecule has 2 fully saturated rings. The van der Waals surface area contributed by atoms with Gasteiger partial charge in [0.2, 0.25) is 5.91 Å². The minimum absolute atomic E-state index is 0.0941. The maximum absolute atomic E-state index is 12.7. The van der Waals surface area contributed by atoms with Crippen molar-refractivity contribution < 1.29 is 14.3 Å². The first kappa shape index (κ1) is 20.5. The lowest BCUT2D eigenvalue weighted by Crippen LogP contribution is -2.55. The number of nitrogens with zero attached hydrogens (tertiary/aromatic N) is 2. The van der Waals surface area contributed by atoms with Crippen molar-refractivity contribution in [2.75, 3.05) is 38.1 Å². The third-order valence-corrected chi connectivity index (χ3v) is 5.15. The van der Waals surface area contributed by atoms with E-state index in [4.69, 9.17) is 4.74 Å². The summed E-state index contributed by atoms with van der Waals surface area (Å²) >= 11 is 0. The first-order valence-corrected chi connectivity index (χ1v) is 10.3. The van der Waals surface area contributed by atoms with Crippen LogP contribution in [0.25, 0.3) is 0 Å². The molecule has 0 bridgehead atoms. The fourth-order valence-electron chi connectivity index (χ4n) is 3.17. The molecule has 154 valence electrons. The van der Waals surface area contributed by atoms with E-state index in [2.05, 4.69) is 29.4 Å². The largest absolute Gasteiger partial charge is 0.491 e. The fraction of sp³-hybridized carbons (Fsp3) is 0.619. The first-order chi connectivity index (χ1) is 13.4. The Balaban J connectivity index is 1.49. The van der Waals surface area contributed by atoms with E-state index in [1.807, 2.05) is 31.2 Å². The molecule has 0 aromatic heterocycles. The van der Waals surface area contributed by atoms with E-state index >= 15 is 0 Å². The summed E-state index contributed by atoms with van der Waals surface area (Å²) in [5, 5.41) is 6.03. The summed E-state index contributed by atoms with van der Waals surface area (Å²) in [4.78, 5) is 28.9. The monoisotopic (exact) mass is 388 g/mol. The fourth-order valence-corrected chi connectivity index (χ4v) is 3.17. The van der Waals surface area contributed by atoms with Crippen molar-refractivity contribution in [1.82, 2.24) is 15.1 Å². The summed E-state index contributed by atoms with van der Waals surface area (Å²) in [5.74, 6) is 1.20. The maximum atomic E-state index is 12.7. The van der Waals surface area contributed by atoms with E-state index in [-0.39, 0.29) is 18.0 Å². The molecular formula is C21H32N4O3. The Bertz CT molecular complexity index is 682. The van der Waals surface area contributed by atoms with Crippen LogP contribution in [0.1, 0.15) is 33.6 Å². The highest BCUT2D eigenvalue weighted by atomic mass is 16.5. The van der Waals surface area contributed by atoms with E-state index in [1.54, 1.807) is 4.90 Å². The first-order valence-electron chi connectivity index (χ1n) is 10.3. The number of para-hydroxylation sites is 2. The molecule has 2 N–H and O–H groups in total. The third kappa shape index (κ3) is 5.61. The molecule has 3 rings (SSSR count). The molecule has 1 saturated heterocycles. The molecule has 1 atom stereocenters.